The summed E-state index contributed by atoms with van der Waals surface area (Å²) in [5.41, 5.74) is 6.03. The van der Waals surface area contributed by atoms with E-state index in [1.54, 1.807) is 12.1 Å². The van der Waals surface area contributed by atoms with Gasteiger partial charge in [0, 0.05) is 6.54 Å². The minimum absolute atomic E-state index is 0.270. The van der Waals surface area contributed by atoms with Crippen LogP contribution in [0.3, 0.4) is 0 Å². The fraction of sp³-hybridized carbons (Fsp3) is 0.394. The zero-order valence-electron chi connectivity index (χ0n) is 21.6. The van der Waals surface area contributed by atoms with E-state index in [4.69, 9.17) is 4.74 Å². The van der Waals surface area contributed by atoms with Crippen LogP contribution >= 0.6 is 0 Å². The molecule has 0 amide bonds. The number of benzene rings is 3. The smallest absolute Gasteiger partial charge is 0.119 e. The molecule has 3 aromatic rings. The molecule has 1 unspecified atom stereocenters. The Morgan fingerprint density at radius 3 is 2.08 bits per heavy atom. The number of rotatable bonds is 11. The summed E-state index contributed by atoms with van der Waals surface area (Å²) in [5.74, 6) is 2.32. The summed E-state index contributed by atoms with van der Waals surface area (Å²) in [7, 11) is 0. The molecule has 2 fully saturated rings. The van der Waals surface area contributed by atoms with Crippen molar-refractivity contribution < 1.29 is 14.9 Å². The van der Waals surface area contributed by atoms with E-state index < -0.39 is 6.10 Å². The summed E-state index contributed by atoms with van der Waals surface area (Å²) in [4.78, 5) is 0. The van der Waals surface area contributed by atoms with Crippen LogP contribution in [0.2, 0.25) is 0 Å². The van der Waals surface area contributed by atoms with Crippen LogP contribution in [0.4, 0.5) is 0 Å². The fourth-order valence-electron chi connectivity index (χ4n) is 5.49. The van der Waals surface area contributed by atoms with E-state index in [0.717, 1.165) is 29.3 Å². The Bertz CT molecular complexity index is 1140. The summed E-state index contributed by atoms with van der Waals surface area (Å²) in [6, 6.07) is 26.3. The standard InChI is InChI=1S/C33H39NO3/c35-29-17-13-27(14-18-29)33(32(26-11-12-26)25-9-5-2-6-10-25)28-15-19-31(20-16-28)37-23-30(36)22-34-21-24-7-3-1-4-8-24/h2,5-6,9-10,13-20,24,26,30,34-36H,1,3-4,7-8,11-12,21-23H2/b33-32-. The van der Waals surface area contributed by atoms with Crippen molar-refractivity contribution in [2.24, 2.45) is 11.8 Å². The molecule has 0 bridgehead atoms. The molecule has 1 atom stereocenters. The summed E-state index contributed by atoms with van der Waals surface area (Å²) in [6.45, 7) is 1.82. The Kier molecular flexibility index (Phi) is 8.60. The van der Waals surface area contributed by atoms with Crippen LogP contribution in [0, 0.1) is 11.8 Å². The molecule has 0 heterocycles. The van der Waals surface area contributed by atoms with Crippen molar-refractivity contribution in [3.8, 4) is 11.5 Å². The van der Waals surface area contributed by atoms with Crippen molar-refractivity contribution in [3.63, 3.8) is 0 Å². The highest BCUT2D eigenvalue weighted by atomic mass is 16.5. The van der Waals surface area contributed by atoms with E-state index in [2.05, 4.69) is 47.8 Å². The molecule has 2 saturated carbocycles. The summed E-state index contributed by atoms with van der Waals surface area (Å²) in [5, 5.41) is 23.7. The third-order valence-electron chi connectivity index (χ3n) is 7.62. The second-order valence-corrected chi connectivity index (χ2v) is 10.6. The SMILES string of the molecule is Oc1ccc(/C(=C(\c2ccccc2)C2CC2)c2ccc(OCC(O)CNCC3CCCCC3)cc2)cc1. The molecule has 3 N–H and O–H groups in total. The largest absolute Gasteiger partial charge is 0.508 e. The van der Waals surface area contributed by atoms with E-state index in [1.165, 1.54) is 61.7 Å². The summed E-state index contributed by atoms with van der Waals surface area (Å²) in [6.07, 6.45) is 8.51. The van der Waals surface area contributed by atoms with Gasteiger partial charge in [0.05, 0.1) is 0 Å². The van der Waals surface area contributed by atoms with Gasteiger partial charge in [-0.25, -0.2) is 0 Å². The fourth-order valence-corrected chi connectivity index (χ4v) is 5.49. The molecule has 37 heavy (non-hydrogen) atoms. The molecule has 0 aromatic heterocycles. The third kappa shape index (κ3) is 7.03. The number of allylic oxidation sites excluding steroid dienone is 1. The number of phenols is 1. The van der Waals surface area contributed by atoms with E-state index in [1.807, 2.05) is 24.3 Å². The molecular formula is C33H39NO3. The van der Waals surface area contributed by atoms with Crippen LogP contribution < -0.4 is 10.1 Å². The highest BCUT2D eigenvalue weighted by Gasteiger charge is 2.30. The Morgan fingerprint density at radius 1 is 0.784 bits per heavy atom. The van der Waals surface area contributed by atoms with Crippen molar-refractivity contribution in [2.75, 3.05) is 19.7 Å². The number of hydrogen-bond acceptors (Lipinski definition) is 4. The number of phenolic OH excluding ortho intramolecular Hbond substituents is 1. The molecule has 5 rings (SSSR count). The van der Waals surface area contributed by atoms with Crippen LogP contribution in [-0.4, -0.2) is 36.0 Å². The van der Waals surface area contributed by atoms with Gasteiger partial charge in [0.15, 0.2) is 0 Å². The zero-order chi connectivity index (χ0) is 25.5. The van der Waals surface area contributed by atoms with Gasteiger partial charge in [0.1, 0.15) is 24.2 Å². The molecule has 3 aromatic carbocycles. The second-order valence-electron chi connectivity index (χ2n) is 10.6. The normalized spacial score (nSPS) is 17.8. The minimum Gasteiger partial charge on any atom is -0.508 e. The van der Waals surface area contributed by atoms with Crippen molar-refractivity contribution in [1.82, 2.24) is 5.32 Å². The molecule has 194 valence electrons. The molecule has 2 aliphatic carbocycles. The number of hydrogen-bond donors (Lipinski definition) is 3. The maximum absolute atomic E-state index is 10.4. The summed E-state index contributed by atoms with van der Waals surface area (Å²) < 4.78 is 5.93. The lowest BCUT2D eigenvalue weighted by Crippen LogP contribution is -2.34. The van der Waals surface area contributed by atoms with Crippen molar-refractivity contribution in [2.45, 2.75) is 51.0 Å². The van der Waals surface area contributed by atoms with E-state index in [0.29, 0.717) is 12.5 Å². The Balaban J connectivity index is 1.29. The van der Waals surface area contributed by atoms with Crippen LogP contribution in [0.1, 0.15) is 61.6 Å². The lowest BCUT2D eigenvalue weighted by Gasteiger charge is -2.22. The van der Waals surface area contributed by atoms with Gasteiger partial charge in [-0.2, -0.15) is 0 Å². The van der Waals surface area contributed by atoms with Gasteiger partial charge in [0.2, 0.25) is 0 Å². The molecule has 0 saturated heterocycles. The van der Waals surface area contributed by atoms with Gasteiger partial charge in [-0.1, -0.05) is 73.9 Å². The Morgan fingerprint density at radius 2 is 1.43 bits per heavy atom. The van der Waals surface area contributed by atoms with Crippen molar-refractivity contribution in [1.29, 1.82) is 0 Å². The predicted octanol–water partition coefficient (Wildman–Crippen LogP) is 6.67. The molecular weight excluding hydrogens is 458 g/mol. The van der Waals surface area contributed by atoms with Gasteiger partial charge in [-0.3, -0.25) is 0 Å². The maximum Gasteiger partial charge on any atom is 0.119 e. The first-order chi connectivity index (χ1) is 18.2. The van der Waals surface area contributed by atoms with Crippen LogP contribution in [0.5, 0.6) is 11.5 Å². The van der Waals surface area contributed by atoms with E-state index in [9.17, 15) is 10.2 Å². The summed E-state index contributed by atoms with van der Waals surface area (Å²) >= 11 is 0. The van der Waals surface area contributed by atoms with Crippen molar-refractivity contribution >= 4 is 11.1 Å². The van der Waals surface area contributed by atoms with E-state index in [-0.39, 0.29) is 12.4 Å². The number of nitrogens with one attached hydrogen (secondary N) is 1. The first kappa shape index (κ1) is 25.6. The minimum atomic E-state index is -0.532. The molecule has 2 aliphatic rings. The van der Waals surface area contributed by atoms with Gasteiger partial charge in [-0.05, 0) is 96.2 Å². The molecule has 0 aliphatic heterocycles. The number of aliphatic hydroxyl groups is 1. The van der Waals surface area contributed by atoms with E-state index >= 15 is 0 Å². The topological polar surface area (TPSA) is 61.7 Å². The Hall–Kier alpha value is -3.08. The highest BCUT2D eigenvalue weighted by molar-refractivity contribution is 6.00. The van der Waals surface area contributed by atoms with Gasteiger partial charge >= 0.3 is 0 Å². The number of aliphatic hydroxyl groups excluding tert-OH is 1. The van der Waals surface area contributed by atoms with Gasteiger partial charge < -0.3 is 20.3 Å². The van der Waals surface area contributed by atoms with Crippen LogP contribution in [0.15, 0.2) is 78.9 Å². The van der Waals surface area contributed by atoms with Gasteiger partial charge in [-0.15, -0.1) is 0 Å². The molecule has 4 nitrogen and oxygen atoms in total. The monoisotopic (exact) mass is 497 g/mol. The number of aromatic hydroxyl groups is 1. The average Bonchev–Trinajstić information content (AvgIpc) is 3.78. The number of ether oxygens (including phenoxy) is 1. The molecule has 0 radical (unpaired) electrons. The highest BCUT2D eigenvalue weighted by Crippen LogP contribution is 2.47. The zero-order valence-corrected chi connectivity index (χ0v) is 21.6. The first-order valence-electron chi connectivity index (χ1n) is 13.9. The first-order valence-corrected chi connectivity index (χ1v) is 13.9. The Labute approximate surface area is 221 Å². The average molecular weight is 498 g/mol. The quantitative estimate of drug-likeness (QED) is 0.259. The van der Waals surface area contributed by atoms with Gasteiger partial charge in [0.25, 0.3) is 0 Å². The van der Waals surface area contributed by atoms with Crippen LogP contribution in [-0.2, 0) is 0 Å². The third-order valence-corrected chi connectivity index (χ3v) is 7.62. The van der Waals surface area contributed by atoms with Crippen molar-refractivity contribution in [3.05, 3.63) is 95.6 Å². The molecule has 4 heteroatoms. The predicted molar refractivity (Wildman–Crippen MR) is 151 cm³/mol. The van der Waals surface area contributed by atoms with Crippen LogP contribution in [0.25, 0.3) is 11.1 Å². The second kappa shape index (κ2) is 12.4. The lowest BCUT2D eigenvalue weighted by molar-refractivity contribution is 0.105. The maximum atomic E-state index is 10.4. The molecule has 0 spiro atoms. The lowest BCUT2D eigenvalue weighted by atomic mass is 9.87.